The molecule has 3 rings (SSSR count). The normalized spacial score (nSPS) is 23.0. The first-order valence-electron chi connectivity index (χ1n) is 5.36. The smallest absolute Gasteiger partial charge is 0.427 e. The number of aromatic nitrogens is 2. The van der Waals surface area contributed by atoms with Crippen LogP contribution in [0.15, 0.2) is 16.6 Å². The van der Waals surface area contributed by atoms with Crippen LogP contribution in [-0.2, 0) is 0 Å². The summed E-state index contributed by atoms with van der Waals surface area (Å²) in [6.45, 7) is 0. The minimum atomic E-state index is -1.23. The molecule has 7 heteroatoms. The van der Waals surface area contributed by atoms with E-state index in [0.29, 0.717) is 0 Å². The molecule has 0 radical (unpaired) electrons. The Hall–Kier alpha value is -0.625. The molecule has 2 aromatic rings. The Balaban J connectivity index is 2.06. The van der Waals surface area contributed by atoms with Crippen LogP contribution in [0.2, 0.25) is 5.82 Å². The van der Waals surface area contributed by atoms with Crippen LogP contribution in [-0.4, -0.2) is 33.4 Å². The lowest BCUT2D eigenvalue weighted by atomic mass is 9.81. The average Bonchev–Trinajstić information content (AvgIpc) is 2.98. The molecule has 17 heavy (non-hydrogen) atoms. The highest BCUT2D eigenvalue weighted by Crippen LogP contribution is 2.54. The van der Waals surface area contributed by atoms with E-state index in [-0.39, 0.29) is 11.7 Å². The lowest BCUT2D eigenvalue weighted by molar-refractivity contribution is 0.402. The zero-order valence-electron chi connectivity index (χ0n) is 9.20. The molecule has 1 aliphatic rings. The summed E-state index contributed by atoms with van der Waals surface area (Å²) in [5.41, 5.74) is 0.971. The van der Waals surface area contributed by atoms with Gasteiger partial charge in [-0.2, -0.15) is 0 Å². The Bertz CT molecular complexity index is 560. The van der Waals surface area contributed by atoms with Gasteiger partial charge in [-0.15, -0.1) is 11.3 Å². The fourth-order valence-electron chi connectivity index (χ4n) is 2.09. The van der Waals surface area contributed by atoms with Crippen molar-refractivity contribution >= 4 is 40.4 Å². The van der Waals surface area contributed by atoms with E-state index in [2.05, 4.69) is 9.97 Å². The molecule has 1 fully saturated rings. The number of rotatable bonds is 3. The summed E-state index contributed by atoms with van der Waals surface area (Å²) in [5.74, 6) is 0.101. The molecule has 2 N–H and O–H groups in total. The molecule has 0 aliphatic heterocycles. The van der Waals surface area contributed by atoms with E-state index >= 15 is 0 Å². The van der Waals surface area contributed by atoms with Gasteiger partial charge < -0.3 is 10.0 Å². The monoisotopic (exact) mass is 266 g/mol. The van der Waals surface area contributed by atoms with Gasteiger partial charge in [0.05, 0.1) is 5.69 Å². The maximum Gasteiger partial charge on any atom is 0.455 e. The molecular weight excluding hydrogens is 255 g/mol. The van der Waals surface area contributed by atoms with Crippen molar-refractivity contribution in [2.45, 2.75) is 23.3 Å². The van der Waals surface area contributed by atoms with Gasteiger partial charge in [-0.3, -0.25) is 0 Å². The minimum Gasteiger partial charge on any atom is -0.427 e. The highest BCUT2D eigenvalue weighted by atomic mass is 32.2. The average molecular weight is 266 g/mol. The molecule has 2 heterocycles. The van der Waals surface area contributed by atoms with Gasteiger partial charge >= 0.3 is 7.12 Å². The third-order valence-corrected chi connectivity index (χ3v) is 4.44. The summed E-state index contributed by atoms with van der Waals surface area (Å²) >= 11 is 3.11. The quantitative estimate of drug-likeness (QED) is 0.503. The number of hydrogen-bond donors (Lipinski definition) is 2. The number of thiophene rings is 1. The second-order valence-electron chi connectivity index (χ2n) is 4.15. The van der Waals surface area contributed by atoms with Crippen molar-refractivity contribution in [1.29, 1.82) is 0 Å². The number of thioether (sulfide) groups is 1. The second kappa shape index (κ2) is 4.24. The molecule has 2 atom stereocenters. The summed E-state index contributed by atoms with van der Waals surface area (Å²) in [6.07, 6.45) is 2.75. The van der Waals surface area contributed by atoms with E-state index < -0.39 is 7.12 Å². The molecule has 1 saturated carbocycles. The highest BCUT2D eigenvalue weighted by molar-refractivity contribution is 7.98. The molecule has 0 aromatic carbocycles. The van der Waals surface area contributed by atoms with Gasteiger partial charge in [-0.25, -0.2) is 9.97 Å². The molecule has 0 bridgehead atoms. The Morgan fingerprint density at radius 1 is 1.47 bits per heavy atom. The summed E-state index contributed by atoms with van der Waals surface area (Å²) in [6, 6.07) is 2.01. The van der Waals surface area contributed by atoms with Gasteiger partial charge in [0.25, 0.3) is 0 Å². The number of hydrogen-bond acceptors (Lipinski definition) is 6. The lowest BCUT2D eigenvalue weighted by Gasteiger charge is -2.04. The van der Waals surface area contributed by atoms with E-state index in [1.54, 1.807) is 11.3 Å². The Morgan fingerprint density at radius 2 is 2.29 bits per heavy atom. The fourth-order valence-corrected chi connectivity index (χ4v) is 3.29. The molecule has 2 aromatic heterocycles. The molecule has 0 saturated heterocycles. The van der Waals surface area contributed by atoms with Crippen LogP contribution in [0.4, 0.5) is 0 Å². The van der Waals surface area contributed by atoms with E-state index in [0.717, 1.165) is 27.5 Å². The van der Waals surface area contributed by atoms with Gasteiger partial charge in [0.2, 0.25) is 0 Å². The van der Waals surface area contributed by atoms with Crippen molar-refractivity contribution in [3.05, 3.63) is 17.1 Å². The predicted octanol–water partition coefficient (Wildman–Crippen LogP) is 1.74. The Labute approximate surface area is 107 Å². The van der Waals surface area contributed by atoms with Gasteiger partial charge in [-0.05, 0) is 24.1 Å². The van der Waals surface area contributed by atoms with Crippen LogP contribution in [0, 0.1) is 0 Å². The lowest BCUT2D eigenvalue weighted by Crippen LogP contribution is -2.11. The SMILES string of the molecule is CSc1nc(C2CC2B(O)O)c2ccsc2n1. The molecule has 0 amide bonds. The summed E-state index contributed by atoms with van der Waals surface area (Å²) in [4.78, 5) is 9.95. The number of fused-ring (bicyclic) bond motifs is 1. The van der Waals surface area contributed by atoms with Gasteiger partial charge in [0.1, 0.15) is 4.83 Å². The van der Waals surface area contributed by atoms with Crippen molar-refractivity contribution in [3.63, 3.8) is 0 Å². The van der Waals surface area contributed by atoms with E-state index in [4.69, 9.17) is 0 Å². The third kappa shape index (κ3) is 1.97. The topological polar surface area (TPSA) is 66.2 Å². The van der Waals surface area contributed by atoms with E-state index in [9.17, 15) is 10.0 Å². The van der Waals surface area contributed by atoms with Crippen molar-refractivity contribution in [3.8, 4) is 0 Å². The first kappa shape index (κ1) is 11.5. The zero-order chi connectivity index (χ0) is 12.0. The van der Waals surface area contributed by atoms with Crippen molar-refractivity contribution in [2.75, 3.05) is 6.26 Å². The molecule has 2 unspecified atom stereocenters. The molecule has 88 valence electrons. The zero-order valence-corrected chi connectivity index (χ0v) is 10.8. The molecular formula is C10H11BN2O2S2. The van der Waals surface area contributed by atoms with Crippen molar-refractivity contribution in [2.24, 2.45) is 0 Å². The predicted molar refractivity (Wildman–Crippen MR) is 70.5 cm³/mol. The van der Waals surface area contributed by atoms with Crippen LogP contribution < -0.4 is 0 Å². The number of nitrogens with zero attached hydrogens (tertiary/aromatic N) is 2. The third-order valence-electron chi connectivity index (χ3n) is 3.09. The maximum atomic E-state index is 9.18. The largest absolute Gasteiger partial charge is 0.455 e. The van der Waals surface area contributed by atoms with Gasteiger partial charge in [-0.1, -0.05) is 11.8 Å². The van der Waals surface area contributed by atoms with Gasteiger partial charge in [0, 0.05) is 17.1 Å². The maximum absolute atomic E-state index is 9.18. The Morgan fingerprint density at radius 3 is 2.94 bits per heavy atom. The minimum absolute atomic E-state index is 0.0669. The molecule has 4 nitrogen and oxygen atoms in total. The van der Waals surface area contributed by atoms with Crippen LogP contribution in [0.3, 0.4) is 0 Å². The molecule has 1 aliphatic carbocycles. The van der Waals surface area contributed by atoms with Crippen LogP contribution in [0.1, 0.15) is 18.0 Å². The van der Waals surface area contributed by atoms with Gasteiger partial charge in [0.15, 0.2) is 5.16 Å². The van der Waals surface area contributed by atoms with Crippen molar-refractivity contribution < 1.29 is 10.0 Å². The molecule has 0 spiro atoms. The first-order chi connectivity index (χ1) is 8.20. The van der Waals surface area contributed by atoms with Crippen LogP contribution in [0.5, 0.6) is 0 Å². The Kier molecular flexibility index (Phi) is 2.86. The van der Waals surface area contributed by atoms with E-state index in [1.807, 2.05) is 17.7 Å². The van der Waals surface area contributed by atoms with Crippen molar-refractivity contribution in [1.82, 2.24) is 9.97 Å². The summed E-state index contributed by atoms with van der Waals surface area (Å²) in [7, 11) is -1.23. The summed E-state index contributed by atoms with van der Waals surface area (Å²) in [5, 5.41) is 22.2. The first-order valence-corrected chi connectivity index (χ1v) is 7.46. The second-order valence-corrected chi connectivity index (χ2v) is 5.82. The van der Waals surface area contributed by atoms with Crippen LogP contribution in [0.25, 0.3) is 10.2 Å². The highest BCUT2D eigenvalue weighted by Gasteiger charge is 2.48. The fraction of sp³-hybridized carbons (Fsp3) is 0.400. The van der Waals surface area contributed by atoms with E-state index in [1.165, 1.54) is 11.8 Å². The summed E-state index contributed by atoms with van der Waals surface area (Å²) < 4.78 is 0. The van der Waals surface area contributed by atoms with Crippen LogP contribution >= 0.6 is 23.1 Å². The standard InChI is InChI=1S/C10H11BN2O2S2/c1-16-10-12-8(6-4-7(6)11(14)15)5-2-3-17-9(5)13-10/h2-3,6-7,14-15H,4H2,1H3.